The second-order valence-electron chi connectivity index (χ2n) is 10.9. The van der Waals surface area contributed by atoms with Crippen molar-refractivity contribution in [2.45, 2.75) is 83.5 Å². The van der Waals surface area contributed by atoms with E-state index in [9.17, 15) is 19.6 Å². The van der Waals surface area contributed by atoms with E-state index >= 15 is 0 Å². The van der Waals surface area contributed by atoms with Crippen molar-refractivity contribution in [3.8, 4) is 11.8 Å². The molecule has 35 heavy (non-hydrogen) atoms. The average Bonchev–Trinajstić information content (AvgIpc) is 3.40. The van der Waals surface area contributed by atoms with E-state index in [0.29, 0.717) is 30.5 Å². The predicted molar refractivity (Wildman–Crippen MR) is 128 cm³/mol. The van der Waals surface area contributed by atoms with E-state index < -0.39 is 11.9 Å². The van der Waals surface area contributed by atoms with Crippen molar-refractivity contribution >= 4 is 17.7 Å². The van der Waals surface area contributed by atoms with Crippen molar-refractivity contribution in [2.75, 3.05) is 13.1 Å². The lowest BCUT2D eigenvalue weighted by Crippen LogP contribution is -2.52. The molecule has 0 bridgehead atoms. The molecule has 2 aliphatic heterocycles. The predicted octanol–water partition coefficient (Wildman–Crippen LogP) is 3.01. The SMILES string of the molecule is CCN(C[C@H]1C[C@](C)(C#N)C1)[C@H]1CCC[C@@H]1Oc1ccc2c(c1)CN(C1CCC(=O)NC1=O)C2=O. The van der Waals surface area contributed by atoms with E-state index in [0.717, 1.165) is 56.5 Å². The Morgan fingerprint density at radius 1 is 1.23 bits per heavy atom. The molecule has 1 saturated heterocycles. The van der Waals surface area contributed by atoms with Crippen LogP contribution in [0.3, 0.4) is 0 Å². The third-order valence-electron chi connectivity index (χ3n) is 8.32. The van der Waals surface area contributed by atoms with Gasteiger partial charge in [-0.2, -0.15) is 5.26 Å². The minimum absolute atomic E-state index is 0.0961. The summed E-state index contributed by atoms with van der Waals surface area (Å²) in [5, 5.41) is 11.7. The van der Waals surface area contributed by atoms with Gasteiger partial charge < -0.3 is 9.64 Å². The van der Waals surface area contributed by atoms with Gasteiger partial charge in [0.05, 0.1) is 11.5 Å². The number of likely N-dealkylation sites (N-methyl/N-ethyl adjacent to an activating group) is 1. The number of carbonyl (C=O) groups excluding carboxylic acids is 3. The molecule has 1 aromatic carbocycles. The van der Waals surface area contributed by atoms with E-state index in [1.54, 1.807) is 11.0 Å². The van der Waals surface area contributed by atoms with Gasteiger partial charge in [-0.15, -0.1) is 0 Å². The third kappa shape index (κ3) is 4.54. The molecule has 2 aliphatic carbocycles. The highest BCUT2D eigenvalue weighted by atomic mass is 16.5. The van der Waals surface area contributed by atoms with Crippen molar-refractivity contribution in [3.63, 3.8) is 0 Å². The fraction of sp³-hybridized carbons (Fsp3) is 0.630. The van der Waals surface area contributed by atoms with Crippen molar-refractivity contribution in [1.82, 2.24) is 15.1 Å². The summed E-state index contributed by atoms with van der Waals surface area (Å²) in [6, 6.07) is 7.80. The lowest BCUT2D eigenvalue weighted by Gasteiger charge is -2.44. The first-order chi connectivity index (χ1) is 16.8. The lowest BCUT2D eigenvalue weighted by atomic mass is 9.64. The molecule has 1 N–H and O–H groups in total. The maximum absolute atomic E-state index is 13.0. The number of hydrogen-bond donors (Lipinski definition) is 1. The Hall–Kier alpha value is -2.92. The van der Waals surface area contributed by atoms with Gasteiger partial charge in [0.15, 0.2) is 0 Å². The maximum atomic E-state index is 13.0. The normalized spacial score (nSPS) is 32.3. The molecule has 8 nitrogen and oxygen atoms in total. The number of amides is 3. The van der Waals surface area contributed by atoms with Gasteiger partial charge in [0.2, 0.25) is 11.8 Å². The molecule has 0 aromatic heterocycles. The molecule has 186 valence electrons. The Bertz CT molecular complexity index is 1070. The Morgan fingerprint density at radius 3 is 2.74 bits per heavy atom. The van der Waals surface area contributed by atoms with E-state index in [-0.39, 0.29) is 29.8 Å². The van der Waals surface area contributed by atoms with Gasteiger partial charge in [0.1, 0.15) is 17.9 Å². The van der Waals surface area contributed by atoms with Gasteiger partial charge in [0.25, 0.3) is 5.91 Å². The molecule has 1 unspecified atom stereocenters. The molecule has 3 fully saturated rings. The summed E-state index contributed by atoms with van der Waals surface area (Å²) in [6.45, 7) is 6.58. The number of imide groups is 1. The second kappa shape index (κ2) is 9.27. The Morgan fingerprint density at radius 2 is 2.03 bits per heavy atom. The minimum atomic E-state index is -0.608. The lowest BCUT2D eigenvalue weighted by molar-refractivity contribution is -0.136. The van der Waals surface area contributed by atoms with Crippen LogP contribution in [0.4, 0.5) is 0 Å². The first-order valence-corrected chi connectivity index (χ1v) is 12.9. The van der Waals surface area contributed by atoms with E-state index in [4.69, 9.17) is 4.74 Å². The van der Waals surface area contributed by atoms with Crippen LogP contribution in [-0.4, -0.2) is 58.8 Å². The summed E-state index contributed by atoms with van der Waals surface area (Å²) in [7, 11) is 0. The van der Waals surface area contributed by atoms with Crippen LogP contribution in [-0.2, 0) is 16.1 Å². The quantitative estimate of drug-likeness (QED) is 0.605. The number of fused-ring (bicyclic) bond motifs is 1. The fourth-order valence-electron chi connectivity index (χ4n) is 6.53. The number of nitriles is 1. The molecule has 3 atom stereocenters. The number of nitrogens with one attached hydrogen (secondary N) is 1. The minimum Gasteiger partial charge on any atom is -0.489 e. The van der Waals surface area contributed by atoms with Crippen LogP contribution in [0.15, 0.2) is 18.2 Å². The topological polar surface area (TPSA) is 103 Å². The molecule has 2 heterocycles. The third-order valence-corrected chi connectivity index (χ3v) is 8.32. The number of nitrogens with zero attached hydrogens (tertiary/aromatic N) is 3. The van der Waals surface area contributed by atoms with Gasteiger partial charge in [-0.25, -0.2) is 0 Å². The standard InChI is InChI=1S/C27H34N4O4/c1-3-30(14-17-12-27(2,13-17)16-28)21-5-4-6-23(21)35-19-7-8-20-18(11-19)15-31(26(20)34)22-9-10-24(32)29-25(22)33/h7-8,11,17,21-23H,3-6,9-10,12-15H2,1-2H3,(H,29,32,33)/t17-,21-,22?,23-,27-/m0/s1. The molecule has 0 spiro atoms. The highest BCUT2D eigenvalue weighted by molar-refractivity contribution is 6.05. The summed E-state index contributed by atoms with van der Waals surface area (Å²) in [4.78, 5) is 40.8. The smallest absolute Gasteiger partial charge is 0.255 e. The Balaban J connectivity index is 1.23. The van der Waals surface area contributed by atoms with Crippen molar-refractivity contribution < 1.29 is 19.1 Å². The molecular formula is C27H34N4O4. The van der Waals surface area contributed by atoms with Crippen LogP contribution >= 0.6 is 0 Å². The maximum Gasteiger partial charge on any atom is 0.255 e. The van der Waals surface area contributed by atoms with Gasteiger partial charge >= 0.3 is 0 Å². The van der Waals surface area contributed by atoms with Gasteiger partial charge in [-0.3, -0.25) is 24.6 Å². The molecular weight excluding hydrogens is 444 g/mol. The van der Waals surface area contributed by atoms with Crippen molar-refractivity contribution in [1.29, 1.82) is 5.26 Å². The summed E-state index contributed by atoms with van der Waals surface area (Å²) in [5.41, 5.74) is 1.31. The largest absolute Gasteiger partial charge is 0.489 e. The molecule has 1 aromatic rings. The zero-order valence-corrected chi connectivity index (χ0v) is 20.6. The number of rotatable bonds is 7. The molecule has 8 heteroatoms. The zero-order chi connectivity index (χ0) is 24.7. The van der Waals surface area contributed by atoms with Crippen LogP contribution in [0.5, 0.6) is 5.75 Å². The number of piperidine rings is 1. The van der Waals surface area contributed by atoms with Crippen LogP contribution in [0, 0.1) is 22.7 Å². The molecule has 3 amide bonds. The van der Waals surface area contributed by atoms with Crippen LogP contribution in [0.25, 0.3) is 0 Å². The first kappa shape index (κ1) is 23.8. The number of carbonyl (C=O) groups is 3. The van der Waals surface area contributed by atoms with E-state index in [2.05, 4.69) is 30.1 Å². The summed E-state index contributed by atoms with van der Waals surface area (Å²) in [5.74, 6) is 0.492. The van der Waals surface area contributed by atoms with Crippen LogP contribution in [0.1, 0.15) is 74.7 Å². The number of hydrogen-bond acceptors (Lipinski definition) is 6. The van der Waals surface area contributed by atoms with Crippen molar-refractivity contribution in [3.05, 3.63) is 29.3 Å². The van der Waals surface area contributed by atoms with Gasteiger partial charge in [-0.05, 0) is 81.7 Å². The monoisotopic (exact) mass is 478 g/mol. The molecule has 5 rings (SSSR count). The highest BCUT2D eigenvalue weighted by Gasteiger charge is 2.43. The number of ether oxygens (including phenoxy) is 1. The highest BCUT2D eigenvalue weighted by Crippen LogP contribution is 2.45. The Labute approximate surface area is 206 Å². The molecule has 0 radical (unpaired) electrons. The second-order valence-corrected chi connectivity index (χ2v) is 10.9. The van der Waals surface area contributed by atoms with E-state index in [1.807, 2.05) is 12.1 Å². The zero-order valence-electron chi connectivity index (χ0n) is 20.6. The summed E-state index contributed by atoms with van der Waals surface area (Å²) >= 11 is 0. The molecule has 4 aliphatic rings. The average molecular weight is 479 g/mol. The Kier molecular flexibility index (Phi) is 6.30. The van der Waals surface area contributed by atoms with Crippen molar-refractivity contribution in [2.24, 2.45) is 11.3 Å². The summed E-state index contributed by atoms with van der Waals surface area (Å²) in [6.07, 6.45) is 5.88. The first-order valence-electron chi connectivity index (χ1n) is 12.9. The fourth-order valence-corrected chi connectivity index (χ4v) is 6.53. The van der Waals surface area contributed by atoms with E-state index in [1.165, 1.54) is 0 Å². The van der Waals surface area contributed by atoms with Crippen LogP contribution in [0.2, 0.25) is 0 Å². The summed E-state index contributed by atoms with van der Waals surface area (Å²) < 4.78 is 6.49. The van der Waals surface area contributed by atoms with Crippen LogP contribution < -0.4 is 10.1 Å². The number of benzene rings is 1. The van der Waals surface area contributed by atoms with Gasteiger partial charge in [-0.1, -0.05) is 6.92 Å². The van der Waals surface area contributed by atoms with Gasteiger partial charge in [0, 0.05) is 31.1 Å². The molecule has 2 saturated carbocycles.